The molecule has 3 fully saturated rings. The van der Waals surface area contributed by atoms with Gasteiger partial charge in [-0.05, 0) is 57.4 Å². The monoisotopic (exact) mass is 554 g/mol. The van der Waals surface area contributed by atoms with Gasteiger partial charge in [-0.15, -0.1) is 24.9 Å². The summed E-state index contributed by atoms with van der Waals surface area (Å²) in [6, 6.07) is 9.18. The number of aliphatic hydroxyl groups is 1. The molecule has 3 aliphatic heterocycles. The van der Waals surface area contributed by atoms with Gasteiger partial charge in [0, 0.05) is 31.0 Å². The molecule has 5 atom stereocenters. The predicted octanol–water partition coefficient (Wildman–Crippen LogP) is 4.35. The summed E-state index contributed by atoms with van der Waals surface area (Å²) < 4.78 is 4.59. The van der Waals surface area contributed by atoms with Gasteiger partial charge in [0.05, 0.1) is 23.2 Å². The average Bonchev–Trinajstić information content (AvgIpc) is 3.49. The predicted molar refractivity (Wildman–Crippen MR) is 154 cm³/mol. The molecule has 3 heterocycles. The number of hydrogen-bond acceptors (Lipinski definition) is 6. The van der Waals surface area contributed by atoms with Gasteiger partial charge in [0.2, 0.25) is 11.8 Å². The number of aliphatic hydroxyl groups excluding tert-OH is 1. The van der Waals surface area contributed by atoms with Crippen molar-refractivity contribution in [2.24, 2.45) is 11.8 Å². The summed E-state index contributed by atoms with van der Waals surface area (Å²) in [5.74, 6) is -1.68. The maximum Gasteiger partial charge on any atom is 0.311 e. The number of amides is 2. The number of nitrogens with zero attached hydrogens (tertiary/aromatic N) is 2. The highest BCUT2D eigenvalue weighted by Gasteiger charge is 2.77. The fraction of sp³-hybridized carbons (Fsp3) is 0.581. The minimum absolute atomic E-state index is 0.0893. The number of fused-ring (bicyclic) bond motifs is 1. The second-order valence-electron chi connectivity index (χ2n) is 11.1. The molecule has 7 nitrogen and oxygen atoms in total. The third-order valence-electron chi connectivity index (χ3n) is 8.50. The Morgan fingerprint density at radius 3 is 2.62 bits per heavy atom. The minimum atomic E-state index is -0.666. The molecule has 2 unspecified atom stereocenters. The van der Waals surface area contributed by atoms with Crippen molar-refractivity contribution in [3.8, 4) is 0 Å². The molecule has 0 aromatic heterocycles. The first-order valence-electron chi connectivity index (χ1n) is 14.2. The topological polar surface area (TPSA) is 87.1 Å². The van der Waals surface area contributed by atoms with Gasteiger partial charge in [0.15, 0.2) is 0 Å². The van der Waals surface area contributed by atoms with Crippen molar-refractivity contribution >= 4 is 29.5 Å². The summed E-state index contributed by atoms with van der Waals surface area (Å²) in [6.45, 7) is 11.3. The average molecular weight is 555 g/mol. The van der Waals surface area contributed by atoms with E-state index in [0.29, 0.717) is 51.9 Å². The molecule has 1 aromatic rings. The van der Waals surface area contributed by atoms with E-state index in [2.05, 4.69) is 20.1 Å². The molecular weight excluding hydrogens is 512 g/mol. The third-order valence-corrected chi connectivity index (χ3v) is 10.5. The summed E-state index contributed by atoms with van der Waals surface area (Å²) in [7, 11) is 0. The first-order valence-corrected chi connectivity index (χ1v) is 15.0. The largest absolute Gasteiger partial charge is 0.465 e. The van der Waals surface area contributed by atoms with Gasteiger partial charge in [-0.3, -0.25) is 14.4 Å². The van der Waals surface area contributed by atoms with Crippen LogP contribution in [0.25, 0.3) is 0 Å². The number of unbranched alkanes of at least 4 members (excludes halogenated alkanes) is 3. The van der Waals surface area contributed by atoms with Crippen LogP contribution in [0.2, 0.25) is 0 Å². The van der Waals surface area contributed by atoms with Gasteiger partial charge in [-0.2, -0.15) is 0 Å². The van der Waals surface area contributed by atoms with Crippen LogP contribution in [-0.2, 0) is 25.7 Å². The number of benzene rings is 1. The van der Waals surface area contributed by atoms with Crippen molar-refractivity contribution in [2.75, 3.05) is 26.3 Å². The van der Waals surface area contributed by atoms with E-state index in [4.69, 9.17) is 4.74 Å². The second-order valence-corrected chi connectivity index (χ2v) is 13.0. The second kappa shape index (κ2) is 12.7. The van der Waals surface area contributed by atoms with E-state index in [1.807, 2.05) is 30.3 Å². The summed E-state index contributed by atoms with van der Waals surface area (Å²) >= 11 is 1.67. The normalized spacial score (nSPS) is 28.8. The maximum atomic E-state index is 14.4. The zero-order valence-electron chi connectivity index (χ0n) is 23.1. The van der Waals surface area contributed by atoms with Gasteiger partial charge in [-0.1, -0.05) is 42.5 Å². The summed E-state index contributed by atoms with van der Waals surface area (Å²) in [5, 5.41) is 9.26. The molecule has 1 N–H and O–H groups in total. The molecule has 2 amide bonds. The maximum absolute atomic E-state index is 14.4. The van der Waals surface area contributed by atoms with Crippen LogP contribution in [0.3, 0.4) is 0 Å². The van der Waals surface area contributed by atoms with Crippen LogP contribution in [0.1, 0.15) is 57.4 Å². The van der Waals surface area contributed by atoms with Crippen LogP contribution in [0.5, 0.6) is 0 Å². The number of rotatable bonds is 15. The highest BCUT2D eigenvalue weighted by Crippen LogP contribution is 2.71. The van der Waals surface area contributed by atoms with Crippen molar-refractivity contribution < 1.29 is 24.2 Å². The van der Waals surface area contributed by atoms with Gasteiger partial charge >= 0.3 is 5.97 Å². The lowest BCUT2D eigenvalue weighted by Crippen LogP contribution is -2.54. The molecule has 0 saturated carbocycles. The standard InChI is InChI=1S/C31H42N2O5S/c1-4-6-13-21-38-29(37)25-24-27(35)33(19-11-8-12-20-34)26(31(24)17-16-30(25,3)39-31)28(36)32(18-5-2)22-23-14-9-7-10-15-23/h4-5,7,9-10,14-15,24-26,34H,1-2,6,8,11-13,16-22H2,3H3/t24-,25+,26?,30-,31?/m0/s1. The Morgan fingerprint density at radius 1 is 1.15 bits per heavy atom. The van der Waals surface area contributed by atoms with Gasteiger partial charge < -0.3 is 19.6 Å². The Morgan fingerprint density at radius 2 is 1.92 bits per heavy atom. The van der Waals surface area contributed by atoms with E-state index >= 15 is 0 Å². The number of esters is 1. The smallest absolute Gasteiger partial charge is 0.311 e. The molecule has 1 aromatic carbocycles. The van der Waals surface area contributed by atoms with Crippen molar-refractivity contribution in [3.63, 3.8) is 0 Å². The van der Waals surface area contributed by atoms with Crippen molar-refractivity contribution in [3.05, 3.63) is 61.2 Å². The first-order chi connectivity index (χ1) is 18.8. The van der Waals surface area contributed by atoms with E-state index in [0.717, 1.165) is 24.8 Å². The van der Waals surface area contributed by atoms with Gasteiger partial charge in [0.1, 0.15) is 6.04 Å². The Labute approximate surface area is 236 Å². The van der Waals surface area contributed by atoms with E-state index in [1.165, 1.54) is 0 Å². The summed E-state index contributed by atoms with van der Waals surface area (Å²) in [6.07, 6.45) is 8.56. The number of thioether (sulfide) groups is 1. The first kappa shape index (κ1) is 29.4. The van der Waals surface area contributed by atoms with Gasteiger partial charge in [-0.25, -0.2) is 0 Å². The van der Waals surface area contributed by atoms with E-state index in [9.17, 15) is 19.5 Å². The van der Waals surface area contributed by atoms with Crippen molar-refractivity contribution in [1.29, 1.82) is 0 Å². The Kier molecular flexibility index (Phi) is 9.60. The van der Waals surface area contributed by atoms with Crippen LogP contribution in [-0.4, -0.2) is 74.5 Å². The SMILES string of the molecule is C=CCCCOC(=O)[C@H]1[C@H]2C(=O)N(CCCCCO)C(C(=O)N(CC=C)Cc3ccccc3)C23CC[C@]1(C)S3. The quantitative estimate of drug-likeness (QED) is 0.197. The van der Waals surface area contributed by atoms with Crippen molar-refractivity contribution in [1.82, 2.24) is 9.80 Å². The summed E-state index contributed by atoms with van der Waals surface area (Å²) in [5.41, 5.74) is 1.01. The van der Waals surface area contributed by atoms with Crippen LogP contribution in [0, 0.1) is 11.8 Å². The van der Waals surface area contributed by atoms with Crippen LogP contribution >= 0.6 is 11.8 Å². The van der Waals surface area contributed by atoms with Gasteiger partial charge in [0.25, 0.3) is 0 Å². The highest BCUT2D eigenvalue weighted by molar-refractivity contribution is 8.02. The lowest BCUT2D eigenvalue weighted by molar-refractivity contribution is -0.155. The number of allylic oxidation sites excluding steroid dienone is 1. The molecule has 8 heteroatoms. The molecule has 39 heavy (non-hydrogen) atoms. The molecule has 0 aliphatic carbocycles. The van der Waals surface area contributed by atoms with Crippen molar-refractivity contribution in [2.45, 2.75) is 74.0 Å². The lowest BCUT2D eigenvalue weighted by Gasteiger charge is -2.37. The number of carbonyl (C=O) groups is 3. The fourth-order valence-electron chi connectivity index (χ4n) is 6.73. The molecule has 0 radical (unpaired) electrons. The minimum Gasteiger partial charge on any atom is -0.465 e. The summed E-state index contributed by atoms with van der Waals surface area (Å²) in [4.78, 5) is 45.6. The molecule has 2 bridgehead atoms. The van der Waals surface area contributed by atoms with E-state index in [-0.39, 0.29) is 24.4 Å². The number of carbonyl (C=O) groups excluding carboxylic acids is 3. The lowest BCUT2D eigenvalue weighted by atomic mass is 9.66. The number of likely N-dealkylation sites (tertiary alicyclic amines) is 1. The third kappa shape index (κ3) is 5.68. The fourth-order valence-corrected chi connectivity index (χ4v) is 9.07. The molecule has 212 valence electrons. The van der Waals surface area contributed by atoms with Crippen LogP contribution < -0.4 is 0 Å². The van der Waals surface area contributed by atoms with Crippen LogP contribution in [0.4, 0.5) is 0 Å². The molecule has 4 rings (SSSR count). The Bertz CT molecular complexity index is 1060. The molecule has 3 saturated heterocycles. The molecule has 1 spiro atoms. The molecule has 3 aliphatic rings. The zero-order chi connectivity index (χ0) is 28.0. The van der Waals surface area contributed by atoms with E-state index in [1.54, 1.807) is 33.7 Å². The number of ether oxygens (including phenoxy) is 1. The van der Waals surface area contributed by atoms with E-state index < -0.39 is 27.4 Å². The Balaban J connectivity index is 1.66. The zero-order valence-corrected chi connectivity index (χ0v) is 23.9. The molecular formula is C31H42N2O5S. The number of hydrogen-bond donors (Lipinski definition) is 1. The van der Waals surface area contributed by atoms with Crippen LogP contribution in [0.15, 0.2) is 55.6 Å². The Hall–Kier alpha value is -2.58. The highest BCUT2D eigenvalue weighted by atomic mass is 32.2.